The van der Waals surface area contributed by atoms with Gasteiger partial charge in [0.1, 0.15) is 0 Å². The second-order valence-electron chi connectivity index (χ2n) is 7.53. The Kier molecular flexibility index (Phi) is 5.42. The summed E-state index contributed by atoms with van der Waals surface area (Å²) in [5.41, 5.74) is 1.03. The number of hydrogen-bond donors (Lipinski definition) is 0. The second kappa shape index (κ2) is 7.40. The summed E-state index contributed by atoms with van der Waals surface area (Å²) in [4.78, 5) is 29.1. The maximum atomic E-state index is 12.8. The van der Waals surface area contributed by atoms with Gasteiger partial charge in [-0.3, -0.25) is 9.59 Å². The monoisotopic (exact) mass is 360 g/mol. The van der Waals surface area contributed by atoms with E-state index in [4.69, 9.17) is 0 Å². The third-order valence-corrected chi connectivity index (χ3v) is 6.79. The molecule has 2 saturated heterocycles. The van der Waals surface area contributed by atoms with Gasteiger partial charge < -0.3 is 9.80 Å². The summed E-state index contributed by atoms with van der Waals surface area (Å²) in [6, 6.07) is 10.1. The normalized spacial score (nSPS) is 22.9. The SMILES string of the molecule is CC(C)SCC(=O)N1CCC2(CC1)C[C@@H](c1ccccc1)C(=O)N2C. The van der Waals surface area contributed by atoms with Crippen molar-refractivity contribution in [3.63, 3.8) is 0 Å². The standard InChI is InChI=1S/C20H28N2O2S/c1-15(2)25-14-18(23)22-11-9-20(10-12-22)13-17(19(24)21(20)3)16-7-5-4-6-8-16/h4-8,15,17H,9-14H2,1-3H3/t17-/m0/s1. The molecule has 0 aromatic heterocycles. The maximum Gasteiger partial charge on any atom is 0.232 e. The number of hydrogen-bond acceptors (Lipinski definition) is 3. The minimum atomic E-state index is -0.0838. The molecule has 0 unspecified atom stereocenters. The predicted molar refractivity (Wildman–Crippen MR) is 103 cm³/mol. The molecule has 2 heterocycles. The number of thioether (sulfide) groups is 1. The summed E-state index contributed by atoms with van der Waals surface area (Å²) in [7, 11) is 1.94. The number of benzene rings is 1. The van der Waals surface area contributed by atoms with Crippen LogP contribution in [0, 0.1) is 0 Å². The van der Waals surface area contributed by atoms with Crippen molar-refractivity contribution in [2.75, 3.05) is 25.9 Å². The van der Waals surface area contributed by atoms with Crippen LogP contribution in [0.25, 0.3) is 0 Å². The molecule has 4 nitrogen and oxygen atoms in total. The summed E-state index contributed by atoms with van der Waals surface area (Å²) in [5.74, 6) is 0.984. The Balaban J connectivity index is 1.64. The number of nitrogens with zero attached hydrogens (tertiary/aromatic N) is 2. The maximum absolute atomic E-state index is 12.8. The van der Waals surface area contributed by atoms with Crippen LogP contribution in [0.1, 0.15) is 44.6 Å². The number of carbonyl (C=O) groups is 2. The molecule has 25 heavy (non-hydrogen) atoms. The summed E-state index contributed by atoms with van der Waals surface area (Å²) < 4.78 is 0. The number of piperidine rings is 1. The zero-order valence-electron chi connectivity index (χ0n) is 15.4. The second-order valence-corrected chi connectivity index (χ2v) is 9.09. The van der Waals surface area contributed by atoms with E-state index in [1.807, 2.05) is 35.0 Å². The smallest absolute Gasteiger partial charge is 0.232 e. The fourth-order valence-electron chi connectivity index (χ4n) is 4.06. The Bertz CT molecular complexity index is 624. The Labute approximate surface area is 154 Å². The molecule has 5 heteroatoms. The van der Waals surface area contributed by atoms with E-state index in [9.17, 15) is 9.59 Å². The van der Waals surface area contributed by atoms with E-state index in [0.29, 0.717) is 11.0 Å². The van der Waals surface area contributed by atoms with Crippen molar-refractivity contribution in [1.29, 1.82) is 0 Å². The van der Waals surface area contributed by atoms with E-state index in [1.165, 1.54) is 0 Å². The highest BCUT2D eigenvalue weighted by molar-refractivity contribution is 8.00. The number of rotatable bonds is 4. The zero-order chi connectivity index (χ0) is 18.0. The van der Waals surface area contributed by atoms with Gasteiger partial charge in [-0.1, -0.05) is 44.2 Å². The number of likely N-dealkylation sites (tertiary alicyclic amines) is 2. The third-order valence-electron chi connectivity index (χ3n) is 5.71. The van der Waals surface area contributed by atoms with Gasteiger partial charge in [0.25, 0.3) is 0 Å². The molecule has 136 valence electrons. The largest absolute Gasteiger partial charge is 0.342 e. The summed E-state index contributed by atoms with van der Waals surface area (Å²) in [6.45, 7) is 5.76. The van der Waals surface area contributed by atoms with Crippen LogP contribution in [0.5, 0.6) is 0 Å². The van der Waals surface area contributed by atoms with Crippen LogP contribution in [0.3, 0.4) is 0 Å². The van der Waals surface area contributed by atoms with E-state index < -0.39 is 0 Å². The molecular formula is C20H28N2O2S. The molecule has 2 aliphatic heterocycles. The molecule has 0 aliphatic carbocycles. The Morgan fingerprint density at radius 1 is 1.24 bits per heavy atom. The summed E-state index contributed by atoms with van der Waals surface area (Å²) >= 11 is 1.70. The minimum Gasteiger partial charge on any atom is -0.342 e. The molecular weight excluding hydrogens is 332 g/mol. The van der Waals surface area contributed by atoms with E-state index in [2.05, 4.69) is 26.0 Å². The first-order valence-electron chi connectivity index (χ1n) is 9.15. The lowest BCUT2D eigenvalue weighted by atomic mass is 9.81. The quantitative estimate of drug-likeness (QED) is 0.828. The van der Waals surface area contributed by atoms with Crippen LogP contribution in [-0.4, -0.2) is 58.3 Å². The number of likely N-dealkylation sites (N-methyl/N-ethyl adjacent to an activating group) is 1. The van der Waals surface area contributed by atoms with Crippen molar-refractivity contribution in [3.8, 4) is 0 Å². The molecule has 1 atom stereocenters. The van der Waals surface area contributed by atoms with Gasteiger partial charge in [-0.25, -0.2) is 0 Å². The Morgan fingerprint density at radius 2 is 1.88 bits per heavy atom. The van der Waals surface area contributed by atoms with Gasteiger partial charge in [0.15, 0.2) is 0 Å². The van der Waals surface area contributed by atoms with Crippen LogP contribution in [-0.2, 0) is 9.59 Å². The van der Waals surface area contributed by atoms with Gasteiger partial charge in [0.2, 0.25) is 11.8 Å². The number of carbonyl (C=O) groups excluding carboxylic acids is 2. The van der Waals surface area contributed by atoms with Crippen LogP contribution in [0.4, 0.5) is 0 Å². The molecule has 1 spiro atoms. The van der Waals surface area contributed by atoms with Gasteiger partial charge in [-0.15, -0.1) is 11.8 Å². The van der Waals surface area contributed by atoms with E-state index >= 15 is 0 Å². The Morgan fingerprint density at radius 3 is 2.48 bits per heavy atom. The third kappa shape index (κ3) is 3.71. The van der Waals surface area contributed by atoms with E-state index in [0.717, 1.165) is 37.9 Å². The van der Waals surface area contributed by atoms with Gasteiger partial charge in [0.05, 0.1) is 11.7 Å². The molecule has 1 aromatic rings. The highest BCUT2D eigenvalue weighted by Gasteiger charge is 2.50. The van der Waals surface area contributed by atoms with Gasteiger partial charge in [0, 0.05) is 25.7 Å². The van der Waals surface area contributed by atoms with Gasteiger partial charge in [-0.05, 0) is 30.1 Å². The van der Waals surface area contributed by atoms with Crippen molar-refractivity contribution in [2.45, 2.75) is 49.8 Å². The summed E-state index contributed by atoms with van der Waals surface area (Å²) in [6.07, 6.45) is 2.64. The molecule has 0 bridgehead atoms. The van der Waals surface area contributed by atoms with E-state index in [-0.39, 0.29) is 23.3 Å². The average molecular weight is 361 g/mol. The average Bonchev–Trinajstić information content (AvgIpc) is 2.86. The molecule has 0 radical (unpaired) electrons. The topological polar surface area (TPSA) is 40.6 Å². The first-order chi connectivity index (χ1) is 11.9. The van der Waals surface area contributed by atoms with Crippen LogP contribution in [0.2, 0.25) is 0 Å². The minimum absolute atomic E-state index is 0.0371. The highest BCUT2D eigenvalue weighted by atomic mass is 32.2. The van der Waals surface area contributed by atoms with Crippen LogP contribution >= 0.6 is 11.8 Å². The molecule has 0 N–H and O–H groups in total. The Hall–Kier alpha value is -1.49. The highest BCUT2D eigenvalue weighted by Crippen LogP contribution is 2.44. The van der Waals surface area contributed by atoms with Crippen LogP contribution in [0.15, 0.2) is 30.3 Å². The van der Waals surface area contributed by atoms with Gasteiger partial charge in [-0.2, -0.15) is 0 Å². The fraction of sp³-hybridized carbons (Fsp3) is 0.600. The molecule has 3 rings (SSSR count). The first-order valence-corrected chi connectivity index (χ1v) is 10.2. The van der Waals surface area contributed by atoms with Crippen molar-refractivity contribution < 1.29 is 9.59 Å². The van der Waals surface area contributed by atoms with Crippen molar-refractivity contribution in [3.05, 3.63) is 35.9 Å². The lowest BCUT2D eigenvalue weighted by molar-refractivity contribution is -0.134. The molecule has 2 fully saturated rings. The number of amides is 2. The molecule has 0 saturated carbocycles. The molecule has 2 amide bonds. The van der Waals surface area contributed by atoms with Crippen molar-refractivity contribution in [1.82, 2.24) is 9.80 Å². The predicted octanol–water partition coefficient (Wildman–Crippen LogP) is 3.14. The lowest BCUT2D eigenvalue weighted by Crippen LogP contribution is -2.53. The molecule has 1 aromatic carbocycles. The molecule has 2 aliphatic rings. The fourth-order valence-corrected chi connectivity index (χ4v) is 4.72. The zero-order valence-corrected chi connectivity index (χ0v) is 16.2. The van der Waals surface area contributed by atoms with Crippen molar-refractivity contribution >= 4 is 23.6 Å². The van der Waals surface area contributed by atoms with Crippen LogP contribution < -0.4 is 0 Å². The summed E-state index contributed by atoms with van der Waals surface area (Å²) in [5, 5.41) is 0.477. The van der Waals surface area contributed by atoms with E-state index in [1.54, 1.807) is 11.8 Å². The van der Waals surface area contributed by atoms with Crippen molar-refractivity contribution in [2.24, 2.45) is 0 Å². The van der Waals surface area contributed by atoms with Gasteiger partial charge >= 0.3 is 0 Å². The first kappa shape index (κ1) is 18.3. The lowest BCUT2D eigenvalue weighted by Gasteiger charge is -2.43.